The minimum Gasteiger partial charge on any atom is -0.481 e. The molecule has 1 saturated heterocycles. The van der Waals surface area contributed by atoms with Crippen LogP contribution < -0.4 is 5.32 Å². The van der Waals surface area contributed by atoms with E-state index in [4.69, 9.17) is 5.11 Å². The Hall–Kier alpha value is -0.220. The molecule has 1 heterocycles. The Balaban J connectivity index is 2.29. The van der Waals surface area contributed by atoms with Crippen LogP contribution in [0.3, 0.4) is 0 Å². The van der Waals surface area contributed by atoms with E-state index in [-0.39, 0.29) is 0 Å². The van der Waals surface area contributed by atoms with E-state index in [1.807, 2.05) is 11.8 Å². The summed E-state index contributed by atoms with van der Waals surface area (Å²) in [6.45, 7) is 11.2. The SMILES string of the molecule is CC(C)(CCNC1CSC(C(C)(C)C)C1)C(=O)O. The van der Waals surface area contributed by atoms with Crippen LogP contribution in [0.5, 0.6) is 0 Å². The largest absolute Gasteiger partial charge is 0.481 e. The van der Waals surface area contributed by atoms with Crippen LogP contribution >= 0.6 is 11.8 Å². The smallest absolute Gasteiger partial charge is 0.309 e. The molecule has 0 spiro atoms. The highest BCUT2D eigenvalue weighted by atomic mass is 32.2. The van der Waals surface area contributed by atoms with Crippen LogP contribution in [0.15, 0.2) is 0 Å². The van der Waals surface area contributed by atoms with Gasteiger partial charge in [-0.1, -0.05) is 20.8 Å². The molecule has 1 rings (SSSR count). The molecule has 0 radical (unpaired) electrons. The van der Waals surface area contributed by atoms with Gasteiger partial charge in [0.15, 0.2) is 0 Å². The average molecular weight is 273 g/mol. The van der Waals surface area contributed by atoms with Crippen LogP contribution in [0.25, 0.3) is 0 Å². The first kappa shape index (κ1) is 15.8. The maximum atomic E-state index is 11.0. The molecule has 0 aromatic rings. The summed E-state index contributed by atoms with van der Waals surface area (Å²) in [6.07, 6.45) is 1.88. The quantitative estimate of drug-likeness (QED) is 0.808. The second kappa shape index (κ2) is 5.83. The summed E-state index contributed by atoms with van der Waals surface area (Å²) < 4.78 is 0. The van der Waals surface area contributed by atoms with Gasteiger partial charge < -0.3 is 10.4 Å². The van der Waals surface area contributed by atoms with Gasteiger partial charge in [-0.05, 0) is 38.6 Å². The molecule has 2 unspecified atom stereocenters. The molecule has 0 saturated carbocycles. The van der Waals surface area contributed by atoms with E-state index >= 15 is 0 Å². The fourth-order valence-electron chi connectivity index (χ4n) is 2.07. The van der Waals surface area contributed by atoms with Crippen LogP contribution in [0, 0.1) is 10.8 Å². The molecule has 0 amide bonds. The lowest BCUT2D eigenvalue weighted by Crippen LogP contribution is -2.35. The van der Waals surface area contributed by atoms with Crippen molar-refractivity contribution in [2.45, 2.75) is 58.8 Å². The average Bonchev–Trinajstić information content (AvgIpc) is 2.65. The molecule has 0 aliphatic carbocycles. The summed E-state index contributed by atoms with van der Waals surface area (Å²) >= 11 is 2.04. The number of aliphatic carboxylic acids is 1. The first-order valence-corrected chi connectivity index (χ1v) is 7.76. The zero-order valence-corrected chi connectivity index (χ0v) is 13.1. The lowest BCUT2D eigenvalue weighted by atomic mass is 9.88. The van der Waals surface area contributed by atoms with Crippen LogP contribution in [0.2, 0.25) is 0 Å². The molecular weight excluding hydrogens is 246 g/mol. The van der Waals surface area contributed by atoms with Crippen molar-refractivity contribution < 1.29 is 9.90 Å². The number of hydrogen-bond donors (Lipinski definition) is 2. The molecule has 106 valence electrons. The molecular formula is C14H27NO2S. The summed E-state index contributed by atoms with van der Waals surface area (Å²) in [7, 11) is 0. The Kier molecular flexibility index (Phi) is 5.13. The first-order valence-electron chi connectivity index (χ1n) is 6.71. The van der Waals surface area contributed by atoms with E-state index in [2.05, 4.69) is 26.1 Å². The van der Waals surface area contributed by atoms with Crippen molar-refractivity contribution in [3.63, 3.8) is 0 Å². The fourth-order valence-corrected chi connectivity index (χ4v) is 3.66. The number of hydrogen-bond acceptors (Lipinski definition) is 3. The number of carboxylic acid groups (broad SMARTS) is 1. The number of rotatable bonds is 5. The third kappa shape index (κ3) is 4.47. The summed E-state index contributed by atoms with van der Waals surface area (Å²) in [5.41, 5.74) is -0.260. The predicted octanol–water partition coefficient (Wildman–Crippen LogP) is 3.00. The molecule has 1 aliphatic rings. The van der Waals surface area contributed by atoms with E-state index in [0.29, 0.717) is 23.1 Å². The van der Waals surface area contributed by atoms with Gasteiger partial charge in [-0.25, -0.2) is 0 Å². The van der Waals surface area contributed by atoms with Gasteiger partial charge in [-0.15, -0.1) is 0 Å². The second-order valence-corrected chi connectivity index (χ2v) is 8.25. The third-order valence-corrected chi connectivity index (χ3v) is 5.62. The molecule has 0 aromatic carbocycles. The molecule has 18 heavy (non-hydrogen) atoms. The lowest BCUT2D eigenvalue weighted by molar-refractivity contribution is -0.147. The van der Waals surface area contributed by atoms with Gasteiger partial charge in [0.05, 0.1) is 5.41 Å². The highest BCUT2D eigenvalue weighted by Gasteiger charge is 2.34. The van der Waals surface area contributed by atoms with E-state index in [1.165, 1.54) is 6.42 Å². The van der Waals surface area contributed by atoms with E-state index in [9.17, 15) is 4.79 Å². The van der Waals surface area contributed by atoms with Gasteiger partial charge >= 0.3 is 5.97 Å². The van der Waals surface area contributed by atoms with Crippen molar-refractivity contribution in [1.82, 2.24) is 5.32 Å². The van der Waals surface area contributed by atoms with Crippen molar-refractivity contribution in [2.75, 3.05) is 12.3 Å². The maximum absolute atomic E-state index is 11.0. The Labute approximate surface area is 115 Å². The molecule has 0 aromatic heterocycles. The van der Waals surface area contributed by atoms with E-state index in [0.717, 1.165) is 12.3 Å². The third-order valence-electron chi connectivity index (χ3n) is 3.73. The highest BCUT2D eigenvalue weighted by Crippen LogP contribution is 2.39. The maximum Gasteiger partial charge on any atom is 0.309 e. The normalized spacial score (nSPS) is 25.4. The predicted molar refractivity (Wildman–Crippen MR) is 78.1 cm³/mol. The zero-order valence-electron chi connectivity index (χ0n) is 12.2. The van der Waals surface area contributed by atoms with Crippen molar-refractivity contribution in [3.05, 3.63) is 0 Å². The molecule has 1 fully saturated rings. The molecule has 1 aliphatic heterocycles. The first-order chi connectivity index (χ1) is 8.13. The number of thioether (sulfide) groups is 1. The van der Waals surface area contributed by atoms with Gasteiger partial charge in [0, 0.05) is 17.0 Å². The van der Waals surface area contributed by atoms with Crippen LogP contribution in [-0.2, 0) is 4.79 Å². The standard InChI is InChI=1S/C14H27NO2S/c1-13(2,3)11-8-10(9-18-11)15-7-6-14(4,5)12(16)17/h10-11,15H,6-9H2,1-5H3,(H,16,17). The molecule has 2 N–H and O–H groups in total. The van der Waals surface area contributed by atoms with E-state index in [1.54, 1.807) is 13.8 Å². The summed E-state index contributed by atoms with van der Waals surface area (Å²) in [4.78, 5) is 11.0. The van der Waals surface area contributed by atoms with Gasteiger partial charge in [-0.2, -0.15) is 11.8 Å². The van der Waals surface area contributed by atoms with Gasteiger partial charge in [0.2, 0.25) is 0 Å². The molecule has 3 nitrogen and oxygen atoms in total. The van der Waals surface area contributed by atoms with Gasteiger partial charge in [-0.3, -0.25) is 4.79 Å². The Morgan fingerprint density at radius 3 is 2.39 bits per heavy atom. The van der Waals surface area contributed by atoms with E-state index < -0.39 is 11.4 Å². The van der Waals surface area contributed by atoms with Crippen molar-refractivity contribution in [3.8, 4) is 0 Å². The van der Waals surface area contributed by atoms with Gasteiger partial charge in [0.25, 0.3) is 0 Å². The minimum absolute atomic E-state index is 0.363. The molecule has 4 heteroatoms. The van der Waals surface area contributed by atoms with Crippen molar-refractivity contribution in [2.24, 2.45) is 10.8 Å². The monoisotopic (exact) mass is 273 g/mol. The number of carboxylic acids is 1. The Morgan fingerprint density at radius 1 is 1.33 bits per heavy atom. The van der Waals surface area contributed by atoms with Gasteiger partial charge in [0.1, 0.15) is 0 Å². The summed E-state index contributed by atoms with van der Waals surface area (Å²) in [5, 5.41) is 13.3. The van der Waals surface area contributed by atoms with Crippen molar-refractivity contribution >= 4 is 17.7 Å². The topological polar surface area (TPSA) is 49.3 Å². The van der Waals surface area contributed by atoms with Crippen molar-refractivity contribution in [1.29, 1.82) is 0 Å². The summed E-state index contributed by atoms with van der Waals surface area (Å²) in [5.74, 6) is 0.438. The number of carbonyl (C=O) groups is 1. The number of nitrogens with one attached hydrogen (secondary N) is 1. The molecule has 2 atom stereocenters. The zero-order chi connectivity index (χ0) is 14.0. The Morgan fingerprint density at radius 2 is 1.94 bits per heavy atom. The molecule has 0 bridgehead atoms. The van der Waals surface area contributed by atoms with Crippen LogP contribution in [-0.4, -0.2) is 34.7 Å². The van der Waals surface area contributed by atoms with Crippen LogP contribution in [0.1, 0.15) is 47.5 Å². The highest BCUT2D eigenvalue weighted by molar-refractivity contribution is 8.00. The lowest BCUT2D eigenvalue weighted by Gasteiger charge is -2.26. The van der Waals surface area contributed by atoms with Crippen LogP contribution in [0.4, 0.5) is 0 Å². The Bertz CT molecular complexity index is 297. The minimum atomic E-state index is -0.710. The fraction of sp³-hybridized carbons (Fsp3) is 0.929. The summed E-state index contributed by atoms with van der Waals surface area (Å²) in [6, 6.07) is 0.545. The second-order valence-electron chi connectivity index (χ2n) is 7.01.